The second-order valence-corrected chi connectivity index (χ2v) is 8.78. The van der Waals surface area contributed by atoms with E-state index in [1.54, 1.807) is 18.2 Å². The van der Waals surface area contributed by atoms with Gasteiger partial charge in [-0.15, -0.1) is 6.42 Å². The van der Waals surface area contributed by atoms with Crippen LogP contribution in [-0.4, -0.2) is 6.61 Å². The fourth-order valence-corrected chi connectivity index (χ4v) is 4.48. The van der Waals surface area contributed by atoms with Crippen LogP contribution in [0.5, 0.6) is 5.75 Å². The minimum atomic E-state index is -0.638. The summed E-state index contributed by atoms with van der Waals surface area (Å²) in [5.41, 5.74) is 1.77. The maximum atomic E-state index is 14.8. The van der Waals surface area contributed by atoms with Crippen molar-refractivity contribution in [2.75, 3.05) is 6.61 Å². The molecule has 3 aromatic rings. The van der Waals surface area contributed by atoms with Gasteiger partial charge in [0, 0.05) is 11.3 Å². The first-order valence-electron chi connectivity index (χ1n) is 12.1. The van der Waals surface area contributed by atoms with E-state index in [1.165, 1.54) is 5.56 Å². The first-order chi connectivity index (χ1) is 17.1. The van der Waals surface area contributed by atoms with Crippen molar-refractivity contribution in [3.63, 3.8) is 0 Å². The van der Waals surface area contributed by atoms with Gasteiger partial charge in [0.05, 0.1) is 12.2 Å². The molecule has 0 amide bonds. The standard InChI is InChI=1S/C31H27FO3/c1-3-5-7-8-9-22-10-12-23(13-11-22)24-14-16-25(17-15-24)27-21-26-18-19-28(34-20-6-4-2)29(32)30(26)35-31(27)33/h1,14-19,21-23H,4,6,10-13,20H2,2H3. The van der Waals surface area contributed by atoms with Gasteiger partial charge in [-0.1, -0.05) is 43.5 Å². The first-order valence-corrected chi connectivity index (χ1v) is 12.1. The number of halogens is 1. The van der Waals surface area contributed by atoms with Gasteiger partial charge in [-0.25, -0.2) is 4.79 Å². The highest BCUT2D eigenvalue weighted by Gasteiger charge is 2.21. The van der Waals surface area contributed by atoms with Gasteiger partial charge in [0.15, 0.2) is 11.3 Å². The summed E-state index contributed by atoms with van der Waals surface area (Å²) < 4.78 is 25.7. The molecule has 3 nitrogen and oxygen atoms in total. The maximum Gasteiger partial charge on any atom is 0.344 e. The molecule has 4 heteroatoms. The number of unbranched alkanes of at least 4 members (excludes halogenated alkanes) is 1. The number of terminal acetylenes is 1. The highest BCUT2D eigenvalue weighted by molar-refractivity contribution is 5.83. The average molecular weight is 467 g/mol. The van der Waals surface area contributed by atoms with Crippen molar-refractivity contribution in [1.82, 2.24) is 0 Å². The van der Waals surface area contributed by atoms with Gasteiger partial charge < -0.3 is 9.15 Å². The summed E-state index contributed by atoms with van der Waals surface area (Å²) in [5, 5.41) is 0.524. The molecule has 1 fully saturated rings. The third-order valence-electron chi connectivity index (χ3n) is 6.46. The predicted octanol–water partition coefficient (Wildman–Crippen LogP) is 6.69. The predicted molar refractivity (Wildman–Crippen MR) is 137 cm³/mol. The normalized spacial score (nSPS) is 16.9. The van der Waals surface area contributed by atoms with E-state index < -0.39 is 11.4 Å². The monoisotopic (exact) mass is 466 g/mol. The highest BCUT2D eigenvalue weighted by Crippen LogP contribution is 2.36. The molecule has 35 heavy (non-hydrogen) atoms. The Balaban J connectivity index is 1.48. The largest absolute Gasteiger partial charge is 0.490 e. The van der Waals surface area contributed by atoms with Gasteiger partial charge in [0.25, 0.3) is 0 Å². The van der Waals surface area contributed by atoms with Crippen molar-refractivity contribution in [2.45, 2.75) is 51.4 Å². The lowest BCUT2D eigenvalue weighted by molar-refractivity contribution is 0.294. The topological polar surface area (TPSA) is 39.4 Å². The molecule has 0 radical (unpaired) electrons. The van der Waals surface area contributed by atoms with E-state index in [4.69, 9.17) is 15.6 Å². The van der Waals surface area contributed by atoms with E-state index >= 15 is 0 Å². The molecule has 0 bridgehead atoms. The van der Waals surface area contributed by atoms with Gasteiger partial charge in [0.2, 0.25) is 5.82 Å². The summed E-state index contributed by atoms with van der Waals surface area (Å²) in [6.07, 6.45) is 11.1. The van der Waals surface area contributed by atoms with E-state index in [2.05, 4.69) is 41.7 Å². The van der Waals surface area contributed by atoms with Gasteiger partial charge in [0.1, 0.15) is 0 Å². The van der Waals surface area contributed by atoms with Crippen molar-refractivity contribution in [1.29, 1.82) is 0 Å². The van der Waals surface area contributed by atoms with Crippen molar-refractivity contribution in [2.24, 2.45) is 5.92 Å². The van der Waals surface area contributed by atoms with Crippen LogP contribution in [0, 0.1) is 47.8 Å². The zero-order valence-corrected chi connectivity index (χ0v) is 19.8. The summed E-state index contributed by atoms with van der Waals surface area (Å²) in [5.74, 6) is 13.8. The van der Waals surface area contributed by atoms with Crippen LogP contribution in [0.25, 0.3) is 22.1 Å². The van der Waals surface area contributed by atoms with Crippen molar-refractivity contribution < 1.29 is 13.5 Å². The van der Waals surface area contributed by atoms with Crippen LogP contribution >= 0.6 is 0 Å². The molecule has 2 aromatic carbocycles. The van der Waals surface area contributed by atoms with Gasteiger partial charge in [-0.2, -0.15) is 4.39 Å². The molecule has 4 rings (SSSR count). The van der Waals surface area contributed by atoms with Gasteiger partial charge in [-0.3, -0.25) is 0 Å². The SMILES string of the molecule is C#CC#CC#CC1CCC(c2ccc(-c3cc4ccc(OCCCC)c(F)c4oc3=O)cc2)CC1. The molecular formula is C31H27FO3. The minimum Gasteiger partial charge on any atom is -0.490 e. The van der Waals surface area contributed by atoms with Crippen LogP contribution in [0.4, 0.5) is 4.39 Å². The fourth-order valence-electron chi connectivity index (χ4n) is 4.48. The van der Waals surface area contributed by atoms with Crippen LogP contribution in [0.1, 0.15) is 56.9 Å². The molecule has 176 valence electrons. The smallest absolute Gasteiger partial charge is 0.344 e. The second-order valence-electron chi connectivity index (χ2n) is 8.78. The molecule has 1 aliphatic carbocycles. The number of benzene rings is 2. The van der Waals surface area contributed by atoms with Crippen molar-refractivity contribution in [3.8, 4) is 52.9 Å². The molecule has 1 heterocycles. The molecule has 0 spiro atoms. The Labute approximate surface area is 205 Å². The van der Waals surface area contributed by atoms with Gasteiger partial charge in [-0.05, 0) is 91.0 Å². The highest BCUT2D eigenvalue weighted by atomic mass is 19.1. The lowest BCUT2D eigenvalue weighted by atomic mass is 9.79. The number of hydrogen-bond donors (Lipinski definition) is 0. The molecule has 1 aliphatic rings. The number of fused-ring (bicyclic) bond motifs is 1. The Morgan fingerprint density at radius 1 is 1.06 bits per heavy atom. The number of ether oxygens (including phenoxy) is 1. The Hall–Kier alpha value is -3.94. The summed E-state index contributed by atoms with van der Waals surface area (Å²) >= 11 is 0. The Morgan fingerprint density at radius 2 is 1.83 bits per heavy atom. The van der Waals surface area contributed by atoms with E-state index in [9.17, 15) is 9.18 Å². The Bertz CT molecular complexity index is 1410. The van der Waals surface area contributed by atoms with Crippen molar-refractivity contribution >= 4 is 11.0 Å². The third kappa shape index (κ3) is 5.77. The van der Waals surface area contributed by atoms with Crippen LogP contribution < -0.4 is 10.4 Å². The number of hydrogen-bond acceptors (Lipinski definition) is 3. The van der Waals surface area contributed by atoms with E-state index in [1.807, 2.05) is 19.1 Å². The van der Waals surface area contributed by atoms with Crippen LogP contribution in [0.2, 0.25) is 0 Å². The summed E-state index contributed by atoms with van der Waals surface area (Å²) in [6.45, 7) is 2.46. The molecule has 1 aromatic heterocycles. The number of rotatable bonds is 6. The Morgan fingerprint density at radius 3 is 2.54 bits per heavy atom. The lowest BCUT2D eigenvalue weighted by Crippen LogP contribution is -2.12. The fraction of sp³-hybridized carbons (Fsp3) is 0.323. The molecule has 0 atom stereocenters. The third-order valence-corrected chi connectivity index (χ3v) is 6.46. The quantitative estimate of drug-likeness (QED) is 0.231. The molecule has 1 saturated carbocycles. The Kier molecular flexibility index (Phi) is 7.92. The van der Waals surface area contributed by atoms with Gasteiger partial charge >= 0.3 is 5.63 Å². The molecule has 0 N–H and O–H groups in total. The zero-order chi connectivity index (χ0) is 24.6. The molecule has 0 aliphatic heterocycles. The summed E-state index contributed by atoms with van der Waals surface area (Å²) in [4.78, 5) is 12.7. The van der Waals surface area contributed by atoms with E-state index in [-0.39, 0.29) is 11.3 Å². The zero-order valence-electron chi connectivity index (χ0n) is 19.8. The summed E-state index contributed by atoms with van der Waals surface area (Å²) in [6, 6.07) is 13.0. The maximum absolute atomic E-state index is 14.8. The first kappa shape index (κ1) is 24.2. The van der Waals surface area contributed by atoms with Crippen LogP contribution in [0.3, 0.4) is 0 Å². The minimum absolute atomic E-state index is 0.0745. The lowest BCUT2D eigenvalue weighted by Gasteiger charge is -2.26. The molecule has 0 unspecified atom stereocenters. The average Bonchev–Trinajstić information content (AvgIpc) is 2.89. The molecular weight excluding hydrogens is 439 g/mol. The van der Waals surface area contributed by atoms with E-state index in [0.717, 1.165) is 44.1 Å². The second kappa shape index (κ2) is 11.5. The van der Waals surface area contributed by atoms with E-state index in [0.29, 0.717) is 29.4 Å². The van der Waals surface area contributed by atoms with Crippen molar-refractivity contribution in [3.05, 3.63) is 64.3 Å². The summed E-state index contributed by atoms with van der Waals surface area (Å²) in [7, 11) is 0. The van der Waals surface area contributed by atoms with Crippen LogP contribution in [0.15, 0.2) is 51.7 Å². The molecule has 0 saturated heterocycles. The van der Waals surface area contributed by atoms with Crippen LogP contribution in [-0.2, 0) is 0 Å².